The molecule has 0 fully saturated rings. The molecule has 0 saturated carbocycles. The topological polar surface area (TPSA) is 40.6 Å². The van der Waals surface area contributed by atoms with Crippen LogP contribution in [0.3, 0.4) is 0 Å². The first kappa shape index (κ1) is 14.6. The van der Waals surface area contributed by atoms with E-state index in [0.29, 0.717) is 6.42 Å². The Morgan fingerprint density at radius 2 is 1.65 bits per heavy atom. The van der Waals surface area contributed by atoms with Gasteiger partial charge in [0.2, 0.25) is 11.8 Å². The summed E-state index contributed by atoms with van der Waals surface area (Å²) in [6.07, 6.45) is 0.651. The van der Waals surface area contributed by atoms with E-state index in [1.807, 2.05) is 25.1 Å². The molecule has 1 aromatic rings. The summed E-state index contributed by atoms with van der Waals surface area (Å²) in [5.41, 5.74) is 3.27. The first-order valence-electron chi connectivity index (χ1n) is 6.85. The van der Waals surface area contributed by atoms with Gasteiger partial charge < -0.3 is 9.80 Å². The van der Waals surface area contributed by atoms with Crippen molar-refractivity contribution in [1.29, 1.82) is 0 Å². The zero-order chi connectivity index (χ0) is 15.0. The molecule has 0 saturated heterocycles. The van der Waals surface area contributed by atoms with Crippen LogP contribution in [0.4, 0.5) is 0 Å². The van der Waals surface area contributed by atoms with Gasteiger partial charge in [-0.3, -0.25) is 9.59 Å². The fourth-order valence-electron chi connectivity index (χ4n) is 3.06. The molecule has 0 unspecified atom stereocenters. The highest BCUT2D eigenvalue weighted by atomic mass is 16.2. The molecule has 0 radical (unpaired) electrons. The molecule has 0 N–H and O–H groups in total. The summed E-state index contributed by atoms with van der Waals surface area (Å²) in [6, 6.07) is 6.03. The molecule has 2 amide bonds. The highest BCUT2D eigenvalue weighted by Crippen LogP contribution is 2.41. The van der Waals surface area contributed by atoms with E-state index in [4.69, 9.17) is 0 Å². The molecule has 1 aliphatic rings. The number of aryl methyl sites for hydroxylation is 1. The summed E-state index contributed by atoms with van der Waals surface area (Å²) >= 11 is 0. The molecule has 0 heterocycles. The van der Waals surface area contributed by atoms with Crippen molar-refractivity contribution < 1.29 is 9.59 Å². The molecule has 1 aromatic carbocycles. The van der Waals surface area contributed by atoms with Crippen molar-refractivity contribution in [3.63, 3.8) is 0 Å². The van der Waals surface area contributed by atoms with E-state index in [9.17, 15) is 9.59 Å². The maximum Gasteiger partial charge on any atom is 0.230 e. The molecule has 0 aliphatic heterocycles. The van der Waals surface area contributed by atoms with Crippen LogP contribution in [0.5, 0.6) is 0 Å². The van der Waals surface area contributed by atoms with E-state index in [0.717, 1.165) is 16.7 Å². The van der Waals surface area contributed by atoms with Crippen LogP contribution in [-0.2, 0) is 16.0 Å². The van der Waals surface area contributed by atoms with Crippen molar-refractivity contribution in [3.8, 4) is 0 Å². The Bertz CT molecular complexity index is 549. The smallest absolute Gasteiger partial charge is 0.230 e. The highest BCUT2D eigenvalue weighted by molar-refractivity contribution is 5.93. The summed E-state index contributed by atoms with van der Waals surface area (Å²) in [6.45, 7) is 2.01. The van der Waals surface area contributed by atoms with Crippen LogP contribution in [0.25, 0.3) is 0 Å². The summed E-state index contributed by atoms with van der Waals surface area (Å²) in [7, 11) is 6.98. The normalized spacial score (nSPS) is 20.4. The molecule has 1 aliphatic carbocycles. The number of carbonyl (C=O) groups is 2. The van der Waals surface area contributed by atoms with E-state index in [2.05, 4.69) is 0 Å². The molecular formula is C16H22N2O2. The Labute approximate surface area is 120 Å². The number of carbonyl (C=O) groups excluding carboxylic acids is 2. The van der Waals surface area contributed by atoms with E-state index < -0.39 is 0 Å². The minimum absolute atomic E-state index is 0.0123. The molecule has 0 bridgehead atoms. The second kappa shape index (κ2) is 5.27. The number of fused-ring (bicyclic) bond motifs is 1. The van der Waals surface area contributed by atoms with Crippen LogP contribution in [-0.4, -0.2) is 49.8 Å². The number of hydrogen-bond donors (Lipinski definition) is 0. The second-order valence-corrected chi connectivity index (χ2v) is 5.90. The van der Waals surface area contributed by atoms with E-state index in [1.54, 1.807) is 38.0 Å². The summed E-state index contributed by atoms with van der Waals surface area (Å²) in [4.78, 5) is 28.1. The Kier molecular flexibility index (Phi) is 3.84. The monoisotopic (exact) mass is 274 g/mol. The second-order valence-electron chi connectivity index (χ2n) is 5.90. The quantitative estimate of drug-likeness (QED) is 0.818. The van der Waals surface area contributed by atoms with Gasteiger partial charge in [-0.05, 0) is 30.0 Å². The number of likely N-dealkylation sites (N-methyl/N-ethyl adjacent to an activating group) is 1. The lowest BCUT2D eigenvalue weighted by molar-refractivity contribution is -0.139. The van der Waals surface area contributed by atoms with Gasteiger partial charge in [0.25, 0.3) is 0 Å². The third kappa shape index (κ3) is 2.30. The van der Waals surface area contributed by atoms with Crippen molar-refractivity contribution in [2.24, 2.45) is 5.92 Å². The third-order valence-corrected chi connectivity index (χ3v) is 4.03. The van der Waals surface area contributed by atoms with Crippen molar-refractivity contribution >= 4 is 11.8 Å². The minimum Gasteiger partial charge on any atom is -0.349 e. The largest absolute Gasteiger partial charge is 0.349 e. The lowest BCUT2D eigenvalue weighted by atomic mass is 9.88. The lowest BCUT2D eigenvalue weighted by Crippen LogP contribution is -2.38. The molecule has 2 rings (SSSR count). The average molecular weight is 274 g/mol. The van der Waals surface area contributed by atoms with Gasteiger partial charge in [0, 0.05) is 28.2 Å². The Morgan fingerprint density at radius 1 is 1.05 bits per heavy atom. The van der Waals surface area contributed by atoms with Crippen LogP contribution in [0, 0.1) is 12.8 Å². The zero-order valence-corrected chi connectivity index (χ0v) is 12.8. The van der Waals surface area contributed by atoms with Gasteiger partial charge in [-0.25, -0.2) is 0 Å². The third-order valence-electron chi connectivity index (χ3n) is 4.03. The maximum atomic E-state index is 12.6. The zero-order valence-electron chi connectivity index (χ0n) is 12.8. The van der Waals surface area contributed by atoms with Crippen molar-refractivity contribution in [3.05, 3.63) is 34.9 Å². The molecule has 20 heavy (non-hydrogen) atoms. The van der Waals surface area contributed by atoms with Gasteiger partial charge in [-0.15, -0.1) is 0 Å². The highest BCUT2D eigenvalue weighted by Gasteiger charge is 2.43. The first-order valence-corrected chi connectivity index (χ1v) is 6.85. The molecule has 0 aromatic heterocycles. The lowest BCUT2D eigenvalue weighted by Gasteiger charge is -2.25. The summed E-state index contributed by atoms with van der Waals surface area (Å²) in [5, 5.41) is 0. The summed E-state index contributed by atoms with van der Waals surface area (Å²) < 4.78 is 0. The SMILES string of the molecule is Cc1cccc2c1[C@@H](C(=O)N(C)C)[C@H](C(=O)N(C)C)C2. The van der Waals surface area contributed by atoms with Crippen LogP contribution in [0.15, 0.2) is 18.2 Å². The maximum absolute atomic E-state index is 12.6. The Hall–Kier alpha value is -1.84. The van der Waals surface area contributed by atoms with Gasteiger partial charge in [0.05, 0.1) is 11.8 Å². The van der Waals surface area contributed by atoms with E-state index >= 15 is 0 Å². The van der Waals surface area contributed by atoms with Crippen LogP contribution in [0.1, 0.15) is 22.6 Å². The van der Waals surface area contributed by atoms with Crippen LogP contribution < -0.4 is 0 Å². The van der Waals surface area contributed by atoms with Crippen molar-refractivity contribution in [2.75, 3.05) is 28.2 Å². The molecule has 4 heteroatoms. The Balaban J connectivity index is 2.50. The standard InChI is InChI=1S/C16H22N2O2/c1-10-7-6-8-11-9-12(15(19)17(2)3)14(13(10)11)16(20)18(4)5/h6-8,12,14H,9H2,1-5H3/t12-,14+/m1/s1. The molecule has 2 atom stereocenters. The number of benzene rings is 1. The predicted octanol–water partition coefficient (Wildman–Crippen LogP) is 1.43. The number of amides is 2. The Morgan fingerprint density at radius 3 is 2.20 bits per heavy atom. The van der Waals surface area contributed by atoms with Gasteiger partial charge in [0.15, 0.2) is 0 Å². The minimum atomic E-state index is -0.351. The number of rotatable bonds is 2. The van der Waals surface area contributed by atoms with E-state index in [-0.39, 0.29) is 23.7 Å². The number of hydrogen-bond acceptors (Lipinski definition) is 2. The van der Waals surface area contributed by atoms with Gasteiger partial charge in [-0.2, -0.15) is 0 Å². The van der Waals surface area contributed by atoms with Gasteiger partial charge >= 0.3 is 0 Å². The molecular weight excluding hydrogens is 252 g/mol. The fraction of sp³-hybridized carbons (Fsp3) is 0.500. The summed E-state index contributed by atoms with van der Waals surface area (Å²) in [5.74, 6) is -0.592. The fourth-order valence-corrected chi connectivity index (χ4v) is 3.06. The van der Waals surface area contributed by atoms with Crippen molar-refractivity contribution in [2.45, 2.75) is 19.3 Å². The molecule has 108 valence electrons. The molecule has 0 spiro atoms. The van der Waals surface area contributed by atoms with Crippen LogP contribution in [0.2, 0.25) is 0 Å². The van der Waals surface area contributed by atoms with Crippen molar-refractivity contribution in [1.82, 2.24) is 9.80 Å². The molecule has 4 nitrogen and oxygen atoms in total. The first-order chi connectivity index (χ1) is 9.34. The van der Waals surface area contributed by atoms with Gasteiger partial charge in [-0.1, -0.05) is 18.2 Å². The predicted molar refractivity (Wildman–Crippen MR) is 78.5 cm³/mol. The number of nitrogens with zero attached hydrogens (tertiary/aromatic N) is 2. The average Bonchev–Trinajstić information content (AvgIpc) is 2.77. The van der Waals surface area contributed by atoms with Gasteiger partial charge in [0.1, 0.15) is 0 Å². The van der Waals surface area contributed by atoms with Crippen LogP contribution >= 0.6 is 0 Å². The van der Waals surface area contributed by atoms with E-state index in [1.165, 1.54) is 0 Å².